The normalized spacial score (nSPS) is 28.4. The minimum Gasteiger partial charge on any atom is -0.354 e. The second-order valence-corrected chi connectivity index (χ2v) is 19.1. The lowest BCUT2D eigenvalue weighted by molar-refractivity contribution is -0.247. The number of benzene rings is 1. The number of hydrogen-bond acceptors (Lipinski definition) is 7. The van der Waals surface area contributed by atoms with Crippen molar-refractivity contribution in [2.45, 2.75) is 152 Å². The third-order valence-electron chi connectivity index (χ3n) is 12.9. The molecule has 7 amide bonds. The first-order valence-electron chi connectivity index (χ1n) is 22.0. The molecule has 0 radical (unpaired) electrons. The molecule has 3 heterocycles. The van der Waals surface area contributed by atoms with Crippen LogP contribution < -0.4 is 21.3 Å². The van der Waals surface area contributed by atoms with E-state index >= 15 is 4.39 Å². The highest BCUT2D eigenvalue weighted by atomic mass is 35.5. The Labute approximate surface area is 387 Å². The predicted octanol–water partition coefficient (Wildman–Crippen LogP) is 4.82. The van der Waals surface area contributed by atoms with Crippen molar-refractivity contribution in [2.24, 2.45) is 11.3 Å². The van der Waals surface area contributed by atoms with Crippen LogP contribution in [-0.2, 0) is 40.0 Å². The van der Waals surface area contributed by atoms with Crippen molar-refractivity contribution in [1.29, 1.82) is 0 Å². The van der Waals surface area contributed by atoms with Gasteiger partial charge in [0.25, 0.3) is 0 Å². The average molecular weight is 987 g/mol. The van der Waals surface area contributed by atoms with E-state index in [1.54, 1.807) is 13.8 Å². The zero-order valence-corrected chi connectivity index (χ0v) is 38.4. The van der Waals surface area contributed by atoms with Gasteiger partial charge in [0, 0.05) is 55.7 Å². The largest absolute Gasteiger partial charge is 0.403 e. The van der Waals surface area contributed by atoms with Gasteiger partial charge in [-0.2, -0.15) is 13.2 Å². The minimum atomic E-state index is -5.30. The van der Waals surface area contributed by atoms with Crippen molar-refractivity contribution in [3.63, 3.8) is 0 Å². The lowest BCUT2D eigenvalue weighted by atomic mass is 9.71. The molecule has 0 aromatic heterocycles. The number of rotatable bonds is 9. The summed E-state index contributed by atoms with van der Waals surface area (Å²) < 4.78 is 101. The summed E-state index contributed by atoms with van der Waals surface area (Å²) in [7, 11) is 1.31. The van der Waals surface area contributed by atoms with Crippen molar-refractivity contribution >= 4 is 64.6 Å². The number of halogens is 9. The monoisotopic (exact) mass is 985 g/mol. The number of carbonyl (C=O) groups excluding carboxylic acids is 7. The first-order valence-corrected chi connectivity index (χ1v) is 22.7. The summed E-state index contributed by atoms with van der Waals surface area (Å²) >= 11 is 12.7. The highest BCUT2D eigenvalue weighted by Gasteiger charge is 2.65. The lowest BCUT2D eigenvalue weighted by Gasteiger charge is -2.42. The highest BCUT2D eigenvalue weighted by Crippen LogP contribution is 2.54. The van der Waals surface area contributed by atoms with Gasteiger partial charge in [0.1, 0.15) is 54.0 Å². The van der Waals surface area contributed by atoms with Gasteiger partial charge in [-0.15, -0.1) is 0 Å². The van der Waals surface area contributed by atoms with E-state index in [9.17, 15) is 59.9 Å². The molecule has 5 rings (SSSR count). The van der Waals surface area contributed by atoms with Crippen LogP contribution in [0.15, 0.2) is 18.2 Å². The predicted molar refractivity (Wildman–Crippen MR) is 226 cm³/mol. The van der Waals surface area contributed by atoms with Crippen molar-refractivity contribution in [1.82, 2.24) is 36.0 Å². The van der Waals surface area contributed by atoms with Crippen LogP contribution in [-0.4, -0.2) is 143 Å². The molecule has 3 aliphatic heterocycles. The van der Waals surface area contributed by atoms with Crippen LogP contribution in [0.1, 0.15) is 90.5 Å². The third-order valence-corrected chi connectivity index (χ3v) is 13.5. The summed E-state index contributed by atoms with van der Waals surface area (Å²) in [5, 5.41) is 10.6. The number of hydrogen-bond donors (Lipinski definition) is 4. The molecule has 23 heteroatoms. The number of nitrogens with one attached hydrogen (secondary N) is 4. The molecular weight excluding hydrogens is 930 g/mol. The van der Waals surface area contributed by atoms with Gasteiger partial charge < -0.3 is 36.0 Å². The Bertz CT molecular complexity index is 2010. The lowest BCUT2D eigenvalue weighted by Crippen LogP contribution is -2.60. The molecule has 0 unspecified atom stereocenters. The number of carbonyl (C=O) groups is 7. The Morgan fingerprint density at radius 2 is 1.56 bits per heavy atom. The van der Waals surface area contributed by atoms with E-state index < -0.39 is 153 Å². The average Bonchev–Trinajstić information content (AvgIpc) is 3.83. The molecule has 14 nitrogen and oxygen atoms in total. The summed E-state index contributed by atoms with van der Waals surface area (Å²) in [5.74, 6) is -10.6. The second kappa shape index (κ2) is 21.3. The van der Waals surface area contributed by atoms with Gasteiger partial charge in [-0.1, -0.05) is 37.0 Å². The number of amides is 7. The maximum atomic E-state index is 15.0. The van der Waals surface area contributed by atoms with E-state index in [-0.39, 0.29) is 61.0 Å². The van der Waals surface area contributed by atoms with Gasteiger partial charge in [-0.25, -0.2) is 17.6 Å². The van der Waals surface area contributed by atoms with Gasteiger partial charge in [0.2, 0.25) is 47.3 Å². The first-order chi connectivity index (χ1) is 30.7. The fourth-order valence-electron chi connectivity index (χ4n) is 9.07. The SMILES string of the molecule is CC(C)C[C@@H]1NC(=O)[C@@H](NC(=O)[C@H](C)NC(=O)[C@@H]2C[C@@H](F)CN2C(=O)C2(C(F)(F)F)CCC(F)(F)CC2)CCCCNC(=O)[C@H]2C[C@@H](F)CN2C(=O)[C@H](Cc2cc(Cl)ccc2Cl)N(C)C1=O. The zero-order chi connectivity index (χ0) is 49.1. The van der Waals surface area contributed by atoms with Crippen LogP contribution in [0.5, 0.6) is 0 Å². The molecule has 1 aromatic rings. The van der Waals surface area contributed by atoms with Gasteiger partial charge in [-0.3, -0.25) is 33.6 Å². The summed E-state index contributed by atoms with van der Waals surface area (Å²) in [6.07, 6.45) is -14.7. The number of likely N-dealkylation sites (tertiary alicyclic amines) is 1. The summed E-state index contributed by atoms with van der Waals surface area (Å²) in [6, 6.07) is -4.15. The van der Waals surface area contributed by atoms with Crippen LogP contribution in [0.25, 0.3) is 0 Å². The Hall–Kier alpha value is -4.40. The van der Waals surface area contributed by atoms with Crippen LogP contribution in [0.4, 0.5) is 30.7 Å². The number of likely N-dealkylation sites (N-methyl/N-ethyl adjacent to an activating group) is 1. The Morgan fingerprint density at radius 3 is 2.20 bits per heavy atom. The molecule has 8 atom stereocenters. The summed E-state index contributed by atoms with van der Waals surface area (Å²) in [6.45, 7) is 3.39. The Balaban J connectivity index is 1.37. The standard InChI is InChI=1S/C43H56Cl2F7N7O7/c1-22(2)15-30-38(64)57(4)33(17-24-16-25(44)8-9-28(24)45)39(65)58-20-26(46)18-31(58)36(62)53-14-6-5-7-29(35(61)56-30)55-34(60)23(3)54-37(63)32-19-27(47)21-59(32)40(66)41(43(50,51)52)10-12-42(48,49)13-11-41/h8-9,16,22-23,26-27,29-33H,5-7,10-15,17-21H2,1-4H3,(H,53,62)(H,54,63)(H,55,60)(H,56,61)/t23-,26+,27+,29-,30-,31+,32-,33-/m0/s1. The number of nitrogens with zero attached hydrogens (tertiary/aromatic N) is 3. The Morgan fingerprint density at radius 1 is 0.909 bits per heavy atom. The van der Waals surface area contributed by atoms with Crippen LogP contribution in [0, 0.1) is 11.3 Å². The summed E-state index contributed by atoms with van der Waals surface area (Å²) in [4.78, 5) is 99.8. The smallest absolute Gasteiger partial charge is 0.354 e. The van der Waals surface area contributed by atoms with E-state index in [0.29, 0.717) is 10.5 Å². The van der Waals surface area contributed by atoms with E-state index in [0.717, 1.165) is 9.80 Å². The van der Waals surface area contributed by atoms with E-state index in [4.69, 9.17) is 23.2 Å². The fraction of sp³-hybridized carbons (Fsp3) is 0.698. The summed E-state index contributed by atoms with van der Waals surface area (Å²) in [5.41, 5.74) is -2.92. The fourth-order valence-corrected chi connectivity index (χ4v) is 9.46. The molecule has 1 aromatic carbocycles. The third kappa shape index (κ3) is 12.2. The van der Waals surface area contributed by atoms with E-state index in [1.165, 1.54) is 32.2 Å². The number of alkyl halides is 7. The zero-order valence-electron chi connectivity index (χ0n) is 36.9. The molecule has 368 valence electrons. The maximum Gasteiger partial charge on any atom is 0.403 e. The quantitative estimate of drug-likeness (QED) is 0.257. The van der Waals surface area contributed by atoms with Gasteiger partial charge in [0.15, 0.2) is 0 Å². The van der Waals surface area contributed by atoms with Crippen molar-refractivity contribution in [3.05, 3.63) is 33.8 Å². The molecule has 4 fully saturated rings. The molecule has 1 aliphatic carbocycles. The molecule has 0 spiro atoms. The van der Waals surface area contributed by atoms with Gasteiger partial charge >= 0.3 is 6.18 Å². The molecule has 4 N–H and O–H groups in total. The molecule has 4 aliphatic rings. The van der Waals surface area contributed by atoms with Gasteiger partial charge in [0.05, 0.1) is 13.1 Å². The minimum absolute atomic E-state index is 0.0171. The van der Waals surface area contributed by atoms with E-state index in [2.05, 4.69) is 21.3 Å². The topological polar surface area (TPSA) is 177 Å². The molecule has 3 saturated heterocycles. The van der Waals surface area contributed by atoms with Crippen molar-refractivity contribution < 1.29 is 64.3 Å². The first kappa shape index (κ1) is 52.6. The molecular formula is C43H56Cl2F7N7O7. The van der Waals surface area contributed by atoms with Crippen molar-refractivity contribution in [3.8, 4) is 0 Å². The van der Waals surface area contributed by atoms with Crippen molar-refractivity contribution in [2.75, 3.05) is 26.7 Å². The van der Waals surface area contributed by atoms with Crippen LogP contribution in [0.2, 0.25) is 10.0 Å². The maximum absolute atomic E-state index is 15.0. The highest BCUT2D eigenvalue weighted by molar-refractivity contribution is 6.33. The molecule has 1 saturated carbocycles. The second-order valence-electron chi connectivity index (χ2n) is 18.3. The van der Waals surface area contributed by atoms with Crippen LogP contribution in [0.3, 0.4) is 0 Å². The molecule has 0 bridgehead atoms. The number of fused-ring (bicyclic) bond motifs is 1. The Kier molecular flexibility index (Phi) is 16.9. The molecule has 66 heavy (non-hydrogen) atoms. The van der Waals surface area contributed by atoms with E-state index in [1.807, 2.05) is 0 Å². The van der Waals surface area contributed by atoms with Crippen LogP contribution >= 0.6 is 23.2 Å². The van der Waals surface area contributed by atoms with Gasteiger partial charge in [-0.05, 0) is 75.1 Å².